The van der Waals surface area contributed by atoms with E-state index in [1.807, 2.05) is 4.90 Å². The largest absolute Gasteiger partial charge is 0.366 e. The number of nitrogens with zero attached hydrogens (tertiary/aromatic N) is 4. The number of ether oxygens (including phenoxy) is 1. The minimum Gasteiger partial charge on any atom is -0.366 e. The van der Waals surface area contributed by atoms with E-state index in [0.29, 0.717) is 51.7 Å². The highest BCUT2D eigenvalue weighted by Gasteiger charge is 2.29. The lowest BCUT2D eigenvalue weighted by molar-refractivity contribution is -0.147. The second-order valence-electron chi connectivity index (χ2n) is 5.69. The molecule has 0 bridgehead atoms. The van der Waals surface area contributed by atoms with Crippen molar-refractivity contribution in [1.29, 1.82) is 0 Å². The van der Waals surface area contributed by atoms with Crippen molar-refractivity contribution in [2.45, 2.75) is 19.2 Å². The standard InChI is InChI=1S/C14H21F2N5O2.2ClH/c15-14(16)21-3-1-18-12(21)10-19-4-6-20(7-5-19)13(22)11-9-17-2-8-23-11;;/h1,3,11,14,17H,2,4-10H2;2*1H. The Labute approximate surface area is 157 Å². The van der Waals surface area contributed by atoms with E-state index in [1.54, 1.807) is 4.90 Å². The molecule has 0 spiro atoms. The van der Waals surface area contributed by atoms with Crippen LogP contribution >= 0.6 is 24.8 Å². The Bertz CT molecular complexity index is 535. The smallest absolute Gasteiger partial charge is 0.319 e. The van der Waals surface area contributed by atoms with E-state index in [4.69, 9.17) is 4.74 Å². The zero-order valence-corrected chi connectivity index (χ0v) is 15.3. The first-order valence-corrected chi connectivity index (χ1v) is 7.78. The van der Waals surface area contributed by atoms with Crippen LogP contribution in [-0.4, -0.2) is 77.2 Å². The van der Waals surface area contributed by atoms with Crippen molar-refractivity contribution in [2.75, 3.05) is 45.9 Å². The Morgan fingerprint density at radius 1 is 1.32 bits per heavy atom. The van der Waals surface area contributed by atoms with Crippen LogP contribution in [0.15, 0.2) is 12.4 Å². The molecule has 25 heavy (non-hydrogen) atoms. The van der Waals surface area contributed by atoms with Gasteiger partial charge in [-0.15, -0.1) is 24.8 Å². The number of rotatable bonds is 4. The summed E-state index contributed by atoms with van der Waals surface area (Å²) >= 11 is 0. The normalized spacial score (nSPS) is 21.6. The van der Waals surface area contributed by atoms with Gasteiger partial charge >= 0.3 is 6.55 Å². The summed E-state index contributed by atoms with van der Waals surface area (Å²) in [4.78, 5) is 20.2. The van der Waals surface area contributed by atoms with E-state index in [2.05, 4.69) is 10.3 Å². The quantitative estimate of drug-likeness (QED) is 0.806. The van der Waals surface area contributed by atoms with Crippen LogP contribution in [0.1, 0.15) is 12.4 Å². The maximum absolute atomic E-state index is 12.8. The Balaban J connectivity index is 0.00000156. The van der Waals surface area contributed by atoms with Crippen molar-refractivity contribution in [3.05, 3.63) is 18.2 Å². The Hall–Kier alpha value is -1.00. The summed E-state index contributed by atoms with van der Waals surface area (Å²) < 4.78 is 32.0. The highest BCUT2D eigenvalue weighted by molar-refractivity contribution is 5.85. The molecular formula is C14H23Cl2F2N5O2. The molecule has 1 unspecified atom stereocenters. The summed E-state index contributed by atoms with van der Waals surface area (Å²) in [5.74, 6) is 0.352. The van der Waals surface area contributed by atoms with Gasteiger partial charge in [0.1, 0.15) is 11.9 Å². The number of carbonyl (C=O) groups excluding carboxylic acids is 1. The van der Waals surface area contributed by atoms with E-state index in [-0.39, 0.29) is 30.7 Å². The molecule has 1 atom stereocenters. The van der Waals surface area contributed by atoms with Crippen LogP contribution in [0.5, 0.6) is 0 Å². The SMILES string of the molecule is Cl.Cl.O=C(C1CNCCO1)N1CCN(Cc2nccn2C(F)F)CC1. The molecule has 2 aliphatic heterocycles. The number of nitrogens with one attached hydrogen (secondary N) is 1. The third-order valence-electron chi connectivity index (χ3n) is 4.21. The van der Waals surface area contributed by atoms with Crippen molar-refractivity contribution < 1.29 is 18.3 Å². The van der Waals surface area contributed by atoms with Gasteiger partial charge in [0.25, 0.3) is 5.91 Å². The average Bonchev–Trinajstić information content (AvgIpc) is 3.04. The van der Waals surface area contributed by atoms with E-state index in [9.17, 15) is 13.6 Å². The van der Waals surface area contributed by atoms with E-state index >= 15 is 0 Å². The van der Waals surface area contributed by atoms with Crippen LogP contribution in [-0.2, 0) is 16.1 Å². The Morgan fingerprint density at radius 2 is 2.04 bits per heavy atom. The molecular weight excluding hydrogens is 379 g/mol. The lowest BCUT2D eigenvalue weighted by atomic mass is 10.2. The Morgan fingerprint density at radius 3 is 2.64 bits per heavy atom. The summed E-state index contributed by atoms with van der Waals surface area (Å²) in [6.07, 6.45) is 2.26. The fourth-order valence-electron chi connectivity index (χ4n) is 2.90. The molecule has 0 saturated carbocycles. The molecule has 0 aliphatic carbocycles. The highest BCUT2D eigenvalue weighted by Crippen LogP contribution is 2.15. The second kappa shape index (κ2) is 10.2. The zero-order chi connectivity index (χ0) is 16.2. The maximum Gasteiger partial charge on any atom is 0.319 e. The fourth-order valence-corrected chi connectivity index (χ4v) is 2.90. The van der Waals surface area contributed by atoms with Crippen LogP contribution < -0.4 is 5.32 Å². The number of hydrogen-bond acceptors (Lipinski definition) is 5. The van der Waals surface area contributed by atoms with E-state index in [1.165, 1.54) is 12.4 Å². The number of morpholine rings is 1. The molecule has 1 aromatic heterocycles. The third-order valence-corrected chi connectivity index (χ3v) is 4.21. The molecule has 1 N–H and O–H groups in total. The van der Waals surface area contributed by atoms with Gasteiger partial charge in [-0.3, -0.25) is 14.3 Å². The van der Waals surface area contributed by atoms with Crippen molar-refractivity contribution in [3.63, 3.8) is 0 Å². The monoisotopic (exact) mass is 401 g/mol. The first-order valence-electron chi connectivity index (χ1n) is 7.78. The molecule has 3 rings (SSSR count). The minimum absolute atomic E-state index is 0. The van der Waals surface area contributed by atoms with Crippen LogP contribution in [0.4, 0.5) is 8.78 Å². The first-order chi connectivity index (χ1) is 11.1. The van der Waals surface area contributed by atoms with Gasteiger partial charge in [0.15, 0.2) is 0 Å². The van der Waals surface area contributed by atoms with Gasteiger partial charge in [0.05, 0.1) is 13.2 Å². The molecule has 1 aromatic rings. The predicted molar refractivity (Wildman–Crippen MR) is 92.4 cm³/mol. The molecule has 0 aromatic carbocycles. The summed E-state index contributed by atoms with van der Waals surface area (Å²) in [7, 11) is 0. The van der Waals surface area contributed by atoms with Crippen molar-refractivity contribution in [2.24, 2.45) is 0 Å². The van der Waals surface area contributed by atoms with Gasteiger partial charge < -0.3 is 15.0 Å². The fraction of sp³-hybridized carbons (Fsp3) is 0.714. The van der Waals surface area contributed by atoms with Gasteiger partial charge in [0.2, 0.25) is 0 Å². The number of amides is 1. The van der Waals surface area contributed by atoms with Gasteiger partial charge in [-0.2, -0.15) is 8.78 Å². The lowest BCUT2D eigenvalue weighted by Gasteiger charge is -2.36. The van der Waals surface area contributed by atoms with Gasteiger partial charge in [-0.05, 0) is 0 Å². The summed E-state index contributed by atoms with van der Waals surface area (Å²) in [5, 5.41) is 3.15. The topological polar surface area (TPSA) is 62.6 Å². The van der Waals surface area contributed by atoms with Crippen LogP contribution in [0, 0.1) is 0 Å². The molecule has 144 valence electrons. The van der Waals surface area contributed by atoms with E-state index < -0.39 is 12.7 Å². The molecule has 7 nitrogen and oxygen atoms in total. The summed E-state index contributed by atoms with van der Waals surface area (Å²) in [5.41, 5.74) is 0. The van der Waals surface area contributed by atoms with Crippen molar-refractivity contribution >= 4 is 30.7 Å². The first kappa shape index (κ1) is 22.0. The number of piperazine rings is 1. The number of alkyl halides is 2. The predicted octanol–water partition coefficient (Wildman–Crippen LogP) is 0.754. The molecule has 2 saturated heterocycles. The van der Waals surface area contributed by atoms with Crippen molar-refractivity contribution in [3.8, 4) is 0 Å². The highest BCUT2D eigenvalue weighted by atomic mass is 35.5. The number of imidazole rings is 1. The van der Waals surface area contributed by atoms with Crippen LogP contribution in [0.3, 0.4) is 0 Å². The minimum atomic E-state index is -2.58. The van der Waals surface area contributed by atoms with Gasteiger partial charge in [-0.1, -0.05) is 0 Å². The number of hydrogen-bond donors (Lipinski definition) is 1. The molecule has 2 fully saturated rings. The van der Waals surface area contributed by atoms with Crippen LogP contribution in [0.25, 0.3) is 0 Å². The Kier molecular flexibility index (Phi) is 9.01. The van der Waals surface area contributed by atoms with Crippen molar-refractivity contribution in [1.82, 2.24) is 24.7 Å². The van der Waals surface area contributed by atoms with Gasteiger partial charge in [-0.25, -0.2) is 4.98 Å². The number of aromatic nitrogens is 2. The molecule has 0 radical (unpaired) electrons. The average molecular weight is 402 g/mol. The van der Waals surface area contributed by atoms with Gasteiger partial charge in [0, 0.05) is 51.7 Å². The van der Waals surface area contributed by atoms with E-state index in [0.717, 1.165) is 11.1 Å². The third kappa shape index (κ3) is 5.49. The molecule has 1 amide bonds. The lowest BCUT2D eigenvalue weighted by Crippen LogP contribution is -2.55. The van der Waals surface area contributed by atoms with Crippen LogP contribution in [0.2, 0.25) is 0 Å². The molecule has 3 heterocycles. The molecule has 11 heteroatoms. The molecule has 2 aliphatic rings. The summed E-state index contributed by atoms with van der Waals surface area (Å²) in [6.45, 7) is 2.09. The maximum atomic E-state index is 12.8. The zero-order valence-electron chi connectivity index (χ0n) is 13.6. The second-order valence-corrected chi connectivity index (χ2v) is 5.69. The number of carbonyl (C=O) groups is 1. The number of halogens is 4. The summed E-state index contributed by atoms with van der Waals surface area (Å²) in [6, 6.07) is 0.